The zero-order valence-corrected chi connectivity index (χ0v) is 14.4. The molecule has 0 saturated carbocycles. The normalized spacial score (nSPS) is 18.7. The molecule has 0 bridgehead atoms. The van der Waals surface area contributed by atoms with Gasteiger partial charge >= 0.3 is 0 Å². The second kappa shape index (κ2) is 6.61. The number of amides is 1. The average Bonchev–Trinajstić information content (AvgIpc) is 2.79. The molecule has 3 rings (SSSR count). The van der Waals surface area contributed by atoms with E-state index in [1.165, 1.54) is 18.5 Å². The fourth-order valence-corrected chi connectivity index (χ4v) is 3.74. The molecule has 3 nitrogen and oxygen atoms in total. The summed E-state index contributed by atoms with van der Waals surface area (Å²) in [5.74, 6) is 0.171. The van der Waals surface area contributed by atoms with Gasteiger partial charge in [-0.1, -0.05) is 30.0 Å². The van der Waals surface area contributed by atoms with E-state index in [0.717, 1.165) is 36.1 Å². The molecule has 3 heteroatoms. The molecular weight excluding hydrogens is 284 g/mol. The maximum Gasteiger partial charge on any atom is 0.254 e. The van der Waals surface area contributed by atoms with Gasteiger partial charge in [-0.3, -0.25) is 4.79 Å². The zero-order chi connectivity index (χ0) is 16.4. The van der Waals surface area contributed by atoms with Crippen LogP contribution >= 0.6 is 0 Å². The van der Waals surface area contributed by atoms with Crippen molar-refractivity contribution in [2.75, 3.05) is 6.54 Å². The van der Waals surface area contributed by atoms with Crippen molar-refractivity contribution in [3.05, 3.63) is 58.9 Å². The molecule has 1 fully saturated rings. The molecule has 2 heterocycles. The highest BCUT2D eigenvalue weighted by atomic mass is 16.2. The molecule has 1 aliphatic rings. The quantitative estimate of drug-likeness (QED) is 0.807. The number of aryl methyl sites for hydroxylation is 3. The Morgan fingerprint density at radius 3 is 2.48 bits per heavy atom. The van der Waals surface area contributed by atoms with Crippen LogP contribution in [0, 0.1) is 13.8 Å². The van der Waals surface area contributed by atoms with Gasteiger partial charge in [0.05, 0.1) is 6.04 Å². The summed E-state index contributed by atoms with van der Waals surface area (Å²) in [6, 6.07) is 10.6. The van der Waals surface area contributed by atoms with Crippen LogP contribution in [0.3, 0.4) is 0 Å². The van der Waals surface area contributed by atoms with Crippen molar-refractivity contribution in [3.8, 4) is 0 Å². The van der Waals surface area contributed by atoms with Crippen molar-refractivity contribution in [1.29, 1.82) is 0 Å². The molecule has 0 radical (unpaired) electrons. The van der Waals surface area contributed by atoms with Gasteiger partial charge in [-0.15, -0.1) is 0 Å². The Balaban J connectivity index is 1.96. The maximum atomic E-state index is 13.2. The molecule has 122 valence electrons. The number of hydrogen-bond acceptors (Lipinski definition) is 1. The van der Waals surface area contributed by atoms with Crippen molar-refractivity contribution in [3.63, 3.8) is 0 Å². The van der Waals surface area contributed by atoms with Gasteiger partial charge in [-0.2, -0.15) is 0 Å². The molecule has 1 aliphatic heterocycles. The first kappa shape index (κ1) is 15.9. The first-order valence-corrected chi connectivity index (χ1v) is 8.57. The summed E-state index contributed by atoms with van der Waals surface area (Å²) in [5, 5.41) is 0. The standard InChI is InChI=1S/C20H26N2O/c1-15-12-16(2)14-17(13-15)20(23)22-11-6-4-5-8-19(22)18-9-7-10-21(18)3/h7,9-10,12-14,19H,4-6,8,11H2,1-3H3/t19-/m0/s1. The molecule has 1 atom stereocenters. The second-order valence-electron chi connectivity index (χ2n) is 6.78. The molecule has 0 N–H and O–H groups in total. The van der Waals surface area contributed by atoms with Crippen LogP contribution in [0.15, 0.2) is 36.5 Å². The molecule has 2 aromatic rings. The third-order valence-corrected chi connectivity index (χ3v) is 4.81. The number of hydrogen-bond donors (Lipinski definition) is 0. The monoisotopic (exact) mass is 310 g/mol. The van der Waals surface area contributed by atoms with E-state index >= 15 is 0 Å². The lowest BCUT2D eigenvalue weighted by Crippen LogP contribution is -2.35. The van der Waals surface area contributed by atoms with Crippen LogP contribution in [0.1, 0.15) is 58.9 Å². The smallest absolute Gasteiger partial charge is 0.254 e. The maximum absolute atomic E-state index is 13.2. The Bertz CT molecular complexity index is 681. The Hall–Kier alpha value is -2.03. The lowest BCUT2D eigenvalue weighted by atomic mass is 10.0. The number of benzene rings is 1. The van der Waals surface area contributed by atoms with Gasteiger partial charge in [0.2, 0.25) is 0 Å². The first-order chi connectivity index (χ1) is 11.1. The van der Waals surface area contributed by atoms with E-state index in [2.05, 4.69) is 54.8 Å². The summed E-state index contributed by atoms with van der Waals surface area (Å²) in [6.07, 6.45) is 6.61. The van der Waals surface area contributed by atoms with Crippen molar-refractivity contribution in [1.82, 2.24) is 9.47 Å². The minimum absolute atomic E-state index is 0.171. The Morgan fingerprint density at radius 2 is 1.83 bits per heavy atom. The van der Waals surface area contributed by atoms with Gasteiger partial charge in [0.15, 0.2) is 0 Å². The average molecular weight is 310 g/mol. The minimum atomic E-state index is 0.171. The highest BCUT2D eigenvalue weighted by Gasteiger charge is 2.29. The SMILES string of the molecule is Cc1cc(C)cc(C(=O)N2CCCCC[C@H]2c2cccn2C)c1. The Labute approximate surface area is 138 Å². The van der Waals surface area contributed by atoms with Gasteiger partial charge in [-0.25, -0.2) is 0 Å². The number of carbonyl (C=O) groups is 1. The lowest BCUT2D eigenvalue weighted by molar-refractivity contribution is 0.0674. The van der Waals surface area contributed by atoms with Gasteiger partial charge < -0.3 is 9.47 Å². The van der Waals surface area contributed by atoms with Crippen molar-refractivity contribution >= 4 is 5.91 Å². The molecule has 1 aromatic heterocycles. The van der Waals surface area contributed by atoms with E-state index < -0.39 is 0 Å². The van der Waals surface area contributed by atoms with Gasteiger partial charge in [0.1, 0.15) is 0 Å². The minimum Gasteiger partial charge on any atom is -0.353 e. The highest BCUT2D eigenvalue weighted by Crippen LogP contribution is 2.31. The summed E-state index contributed by atoms with van der Waals surface area (Å²) in [5.41, 5.74) is 4.37. The topological polar surface area (TPSA) is 25.2 Å². The van der Waals surface area contributed by atoms with E-state index in [1.54, 1.807) is 0 Å². The molecule has 1 saturated heterocycles. The Morgan fingerprint density at radius 1 is 1.09 bits per heavy atom. The van der Waals surface area contributed by atoms with Crippen LogP contribution in [0.4, 0.5) is 0 Å². The summed E-state index contributed by atoms with van der Waals surface area (Å²) in [6.45, 7) is 4.96. The molecule has 0 unspecified atom stereocenters. The number of nitrogens with zero attached hydrogens (tertiary/aromatic N) is 2. The molecule has 0 spiro atoms. The van der Waals surface area contributed by atoms with Gasteiger partial charge in [0.25, 0.3) is 5.91 Å². The molecule has 23 heavy (non-hydrogen) atoms. The van der Waals surface area contributed by atoms with Crippen LogP contribution in [0.2, 0.25) is 0 Å². The van der Waals surface area contributed by atoms with Crippen molar-refractivity contribution in [2.45, 2.75) is 45.6 Å². The Kier molecular flexibility index (Phi) is 4.56. The highest BCUT2D eigenvalue weighted by molar-refractivity contribution is 5.95. The van der Waals surface area contributed by atoms with Crippen molar-refractivity contribution in [2.24, 2.45) is 7.05 Å². The van der Waals surface area contributed by atoms with E-state index in [4.69, 9.17) is 0 Å². The molecule has 1 aromatic carbocycles. The van der Waals surface area contributed by atoms with Gasteiger partial charge in [-0.05, 0) is 51.0 Å². The molecular formula is C20H26N2O. The van der Waals surface area contributed by atoms with E-state index in [-0.39, 0.29) is 11.9 Å². The molecule has 1 amide bonds. The van der Waals surface area contributed by atoms with Crippen LogP contribution in [-0.4, -0.2) is 21.9 Å². The fourth-order valence-electron chi connectivity index (χ4n) is 3.74. The molecule has 0 aliphatic carbocycles. The van der Waals surface area contributed by atoms with Crippen LogP contribution in [0.5, 0.6) is 0 Å². The fraction of sp³-hybridized carbons (Fsp3) is 0.450. The number of likely N-dealkylation sites (tertiary alicyclic amines) is 1. The van der Waals surface area contributed by atoms with Crippen LogP contribution in [0.25, 0.3) is 0 Å². The summed E-state index contributed by atoms with van der Waals surface area (Å²) >= 11 is 0. The lowest BCUT2D eigenvalue weighted by Gasteiger charge is -2.31. The van der Waals surface area contributed by atoms with E-state index in [1.807, 2.05) is 12.1 Å². The van der Waals surface area contributed by atoms with E-state index in [0.29, 0.717) is 0 Å². The largest absolute Gasteiger partial charge is 0.353 e. The van der Waals surface area contributed by atoms with Crippen LogP contribution in [-0.2, 0) is 7.05 Å². The summed E-state index contributed by atoms with van der Waals surface area (Å²) in [7, 11) is 2.07. The predicted molar refractivity (Wildman–Crippen MR) is 93.6 cm³/mol. The van der Waals surface area contributed by atoms with Crippen LogP contribution < -0.4 is 0 Å². The third kappa shape index (κ3) is 3.34. The van der Waals surface area contributed by atoms with E-state index in [9.17, 15) is 4.79 Å². The third-order valence-electron chi connectivity index (χ3n) is 4.81. The van der Waals surface area contributed by atoms with Crippen molar-refractivity contribution < 1.29 is 4.79 Å². The summed E-state index contributed by atoms with van der Waals surface area (Å²) < 4.78 is 2.15. The number of carbonyl (C=O) groups excluding carboxylic acids is 1. The number of rotatable bonds is 2. The predicted octanol–water partition coefficient (Wildman–Crippen LogP) is 4.40. The number of aromatic nitrogens is 1. The van der Waals surface area contributed by atoms with Gasteiger partial charge in [0, 0.05) is 31.0 Å². The summed E-state index contributed by atoms with van der Waals surface area (Å²) in [4.78, 5) is 15.3. The zero-order valence-electron chi connectivity index (χ0n) is 14.4. The second-order valence-corrected chi connectivity index (χ2v) is 6.78. The first-order valence-electron chi connectivity index (χ1n) is 8.57.